The van der Waals surface area contributed by atoms with Crippen molar-refractivity contribution in [3.05, 3.63) is 35.4 Å². The number of aromatic nitrogens is 3. The first kappa shape index (κ1) is 19.1. The highest BCUT2D eigenvalue weighted by Crippen LogP contribution is 2.21. The van der Waals surface area contributed by atoms with Crippen LogP contribution >= 0.6 is 0 Å². The number of carbonyl (C=O) groups is 1. The number of ether oxygens (including phenoxy) is 1. The van der Waals surface area contributed by atoms with Crippen LogP contribution in [0.2, 0.25) is 0 Å². The Balaban J connectivity index is 1.51. The highest BCUT2D eigenvalue weighted by atomic mass is 16.5. The third kappa shape index (κ3) is 4.77. The second kappa shape index (κ2) is 8.82. The number of benzene rings is 1. The van der Waals surface area contributed by atoms with E-state index in [1.807, 2.05) is 0 Å². The number of aromatic carboxylic acids is 1. The summed E-state index contributed by atoms with van der Waals surface area (Å²) in [5, 5.41) is 13.2. The van der Waals surface area contributed by atoms with Crippen LogP contribution < -0.4 is 15.2 Å². The average molecular weight is 397 g/mol. The molecule has 2 fully saturated rings. The van der Waals surface area contributed by atoms with Gasteiger partial charge in [-0.15, -0.1) is 0 Å². The predicted octanol–water partition coefficient (Wildman–Crippen LogP) is 1.45. The number of hydrazone groups is 1. The normalized spacial score (nSPS) is 17.1. The molecule has 0 atom stereocenters. The minimum atomic E-state index is -0.957. The van der Waals surface area contributed by atoms with Gasteiger partial charge in [0.05, 0.1) is 25.0 Å². The Morgan fingerprint density at radius 1 is 1.00 bits per heavy atom. The van der Waals surface area contributed by atoms with Crippen molar-refractivity contribution in [3.8, 4) is 0 Å². The van der Waals surface area contributed by atoms with E-state index >= 15 is 0 Å². The highest BCUT2D eigenvalue weighted by molar-refractivity contribution is 5.89. The van der Waals surface area contributed by atoms with Gasteiger partial charge in [-0.25, -0.2) is 10.2 Å². The summed E-state index contributed by atoms with van der Waals surface area (Å²) in [5.74, 6) is 0.694. The first-order chi connectivity index (χ1) is 14.2. The molecular weight excluding hydrogens is 374 g/mol. The van der Waals surface area contributed by atoms with Crippen molar-refractivity contribution < 1.29 is 14.6 Å². The van der Waals surface area contributed by atoms with Crippen LogP contribution in [0.5, 0.6) is 0 Å². The van der Waals surface area contributed by atoms with Gasteiger partial charge in [0.1, 0.15) is 0 Å². The lowest BCUT2D eigenvalue weighted by molar-refractivity contribution is 0.0697. The number of morpholine rings is 1. The molecule has 2 aliphatic heterocycles. The van der Waals surface area contributed by atoms with Gasteiger partial charge in [0, 0.05) is 26.2 Å². The van der Waals surface area contributed by atoms with E-state index in [4.69, 9.17) is 9.84 Å². The lowest BCUT2D eigenvalue weighted by atomic mass is 10.1. The van der Waals surface area contributed by atoms with Gasteiger partial charge in [0.2, 0.25) is 17.8 Å². The molecule has 3 heterocycles. The molecule has 2 saturated heterocycles. The van der Waals surface area contributed by atoms with Gasteiger partial charge in [-0.1, -0.05) is 12.1 Å². The topological polar surface area (TPSA) is 116 Å². The monoisotopic (exact) mass is 397 g/mol. The van der Waals surface area contributed by atoms with Crippen LogP contribution in [0.15, 0.2) is 29.4 Å². The van der Waals surface area contributed by atoms with E-state index in [1.54, 1.807) is 18.3 Å². The number of hydrogen-bond acceptors (Lipinski definition) is 9. The number of carboxylic acid groups (broad SMARTS) is 1. The minimum absolute atomic E-state index is 0.234. The van der Waals surface area contributed by atoms with Crippen molar-refractivity contribution >= 4 is 30.0 Å². The maximum absolute atomic E-state index is 10.9. The zero-order valence-corrected chi connectivity index (χ0v) is 16.0. The summed E-state index contributed by atoms with van der Waals surface area (Å²) < 4.78 is 5.42. The Bertz CT molecular complexity index is 876. The Morgan fingerprint density at radius 3 is 2.24 bits per heavy atom. The Morgan fingerprint density at radius 2 is 1.62 bits per heavy atom. The SMILES string of the molecule is O=C(O)c1ccc(/C=N/Nc2nc(N3CCCC3)nc(N3CCOCC3)n2)cc1. The summed E-state index contributed by atoms with van der Waals surface area (Å²) in [6, 6.07) is 6.46. The van der Waals surface area contributed by atoms with Gasteiger partial charge in [-0.05, 0) is 30.5 Å². The molecule has 1 aromatic carbocycles. The highest BCUT2D eigenvalue weighted by Gasteiger charge is 2.21. The van der Waals surface area contributed by atoms with E-state index in [1.165, 1.54) is 12.1 Å². The van der Waals surface area contributed by atoms with Gasteiger partial charge < -0.3 is 19.6 Å². The molecule has 0 radical (unpaired) electrons. The van der Waals surface area contributed by atoms with Crippen molar-refractivity contribution in [2.24, 2.45) is 5.10 Å². The van der Waals surface area contributed by atoms with Crippen molar-refractivity contribution in [2.45, 2.75) is 12.8 Å². The number of carboxylic acids is 1. The molecule has 10 nitrogen and oxygen atoms in total. The van der Waals surface area contributed by atoms with Crippen LogP contribution in [0.25, 0.3) is 0 Å². The number of anilines is 3. The van der Waals surface area contributed by atoms with Crippen LogP contribution in [-0.4, -0.2) is 71.6 Å². The molecule has 10 heteroatoms. The quantitative estimate of drug-likeness (QED) is 0.552. The summed E-state index contributed by atoms with van der Waals surface area (Å²) in [4.78, 5) is 28.9. The molecular formula is C19H23N7O3. The van der Waals surface area contributed by atoms with Crippen molar-refractivity contribution in [1.82, 2.24) is 15.0 Å². The zero-order chi connectivity index (χ0) is 20.1. The third-order valence-corrected chi connectivity index (χ3v) is 4.83. The average Bonchev–Trinajstić information content (AvgIpc) is 3.30. The number of nitrogens with zero attached hydrogens (tertiary/aromatic N) is 6. The Kier molecular flexibility index (Phi) is 5.80. The van der Waals surface area contributed by atoms with Crippen LogP contribution in [0.3, 0.4) is 0 Å². The van der Waals surface area contributed by atoms with E-state index in [2.05, 4.69) is 35.3 Å². The number of hydrogen-bond donors (Lipinski definition) is 2. The maximum Gasteiger partial charge on any atom is 0.335 e. The molecule has 0 unspecified atom stereocenters. The number of rotatable bonds is 6. The molecule has 2 aromatic rings. The van der Waals surface area contributed by atoms with Crippen LogP contribution in [0.1, 0.15) is 28.8 Å². The van der Waals surface area contributed by atoms with Crippen molar-refractivity contribution in [1.29, 1.82) is 0 Å². The molecule has 0 bridgehead atoms. The van der Waals surface area contributed by atoms with E-state index in [-0.39, 0.29) is 5.56 Å². The number of nitrogens with one attached hydrogen (secondary N) is 1. The summed E-state index contributed by atoms with van der Waals surface area (Å²) in [6.45, 7) is 4.65. The fourth-order valence-corrected chi connectivity index (χ4v) is 3.24. The lowest BCUT2D eigenvalue weighted by Gasteiger charge is -2.27. The van der Waals surface area contributed by atoms with E-state index in [9.17, 15) is 4.79 Å². The first-order valence-corrected chi connectivity index (χ1v) is 9.65. The van der Waals surface area contributed by atoms with E-state index in [0.29, 0.717) is 31.1 Å². The van der Waals surface area contributed by atoms with Crippen molar-refractivity contribution in [2.75, 3.05) is 54.6 Å². The largest absolute Gasteiger partial charge is 0.478 e. The predicted molar refractivity (Wildman–Crippen MR) is 109 cm³/mol. The van der Waals surface area contributed by atoms with Gasteiger partial charge >= 0.3 is 5.97 Å². The van der Waals surface area contributed by atoms with Gasteiger partial charge in [-0.2, -0.15) is 20.1 Å². The maximum atomic E-state index is 10.9. The Hall–Kier alpha value is -3.27. The minimum Gasteiger partial charge on any atom is -0.478 e. The van der Waals surface area contributed by atoms with Gasteiger partial charge in [0.15, 0.2) is 0 Å². The smallest absolute Gasteiger partial charge is 0.335 e. The molecule has 4 rings (SSSR count). The summed E-state index contributed by atoms with van der Waals surface area (Å²) >= 11 is 0. The molecule has 0 amide bonds. The van der Waals surface area contributed by atoms with Gasteiger partial charge in [-0.3, -0.25) is 0 Å². The van der Waals surface area contributed by atoms with Crippen LogP contribution in [0, 0.1) is 0 Å². The third-order valence-electron chi connectivity index (χ3n) is 4.83. The van der Waals surface area contributed by atoms with Crippen molar-refractivity contribution in [3.63, 3.8) is 0 Å². The summed E-state index contributed by atoms with van der Waals surface area (Å²) in [7, 11) is 0. The zero-order valence-electron chi connectivity index (χ0n) is 16.0. The molecule has 0 saturated carbocycles. The van der Waals surface area contributed by atoms with E-state index < -0.39 is 5.97 Å². The molecule has 0 aliphatic carbocycles. The molecule has 0 spiro atoms. The Labute approximate surface area is 168 Å². The molecule has 2 N–H and O–H groups in total. The summed E-state index contributed by atoms with van der Waals surface area (Å²) in [5.41, 5.74) is 3.88. The van der Waals surface area contributed by atoms with Gasteiger partial charge in [0.25, 0.3) is 0 Å². The molecule has 152 valence electrons. The fraction of sp³-hybridized carbons (Fsp3) is 0.421. The molecule has 2 aliphatic rings. The summed E-state index contributed by atoms with van der Waals surface area (Å²) in [6.07, 6.45) is 3.86. The standard InChI is InChI=1S/C19H23N7O3/c27-16(28)15-5-3-14(4-6-15)13-20-24-17-21-18(25-7-1-2-8-25)23-19(22-17)26-9-11-29-12-10-26/h3-6,13H,1-2,7-12H2,(H,27,28)(H,21,22,23,24)/b20-13+. The molecule has 1 aromatic heterocycles. The molecule has 29 heavy (non-hydrogen) atoms. The van der Waals surface area contributed by atoms with E-state index in [0.717, 1.165) is 44.6 Å². The first-order valence-electron chi connectivity index (χ1n) is 9.65. The van der Waals surface area contributed by atoms with Crippen LogP contribution in [-0.2, 0) is 4.74 Å². The lowest BCUT2D eigenvalue weighted by Crippen LogP contribution is -2.38. The second-order valence-corrected chi connectivity index (χ2v) is 6.85. The fourth-order valence-electron chi connectivity index (χ4n) is 3.24. The van der Waals surface area contributed by atoms with Crippen LogP contribution in [0.4, 0.5) is 17.8 Å². The second-order valence-electron chi connectivity index (χ2n) is 6.85.